The molecular formula is C21H20IO2+. The molecular weight excluding hydrogens is 411 g/mol. The van der Waals surface area contributed by atoms with Crippen LogP contribution in [0, 0.1) is 7.14 Å². The molecule has 0 bridgehead atoms. The highest BCUT2D eigenvalue weighted by molar-refractivity contribution is 5.34. The lowest BCUT2D eigenvalue weighted by Gasteiger charge is -2.24. The van der Waals surface area contributed by atoms with Crippen LogP contribution in [0.2, 0.25) is 0 Å². The van der Waals surface area contributed by atoms with Gasteiger partial charge in [-0.1, -0.05) is 48.5 Å². The minimum atomic E-state index is -0.996. The lowest BCUT2D eigenvalue weighted by Crippen LogP contribution is -3.61. The van der Waals surface area contributed by atoms with Gasteiger partial charge in [0.05, 0.1) is 7.11 Å². The molecule has 1 N–H and O–H groups in total. The Morgan fingerprint density at radius 1 is 0.833 bits per heavy atom. The van der Waals surface area contributed by atoms with Crippen LogP contribution >= 0.6 is 0 Å². The molecule has 1 atom stereocenters. The third kappa shape index (κ3) is 3.62. The van der Waals surface area contributed by atoms with Crippen LogP contribution in [0.4, 0.5) is 0 Å². The Morgan fingerprint density at radius 2 is 1.46 bits per heavy atom. The highest BCUT2D eigenvalue weighted by Gasteiger charge is 2.33. The number of hydrogen-bond acceptors (Lipinski definition) is 2. The first-order chi connectivity index (χ1) is 11.6. The van der Waals surface area contributed by atoms with Crippen molar-refractivity contribution < 1.29 is 31.0 Å². The van der Waals surface area contributed by atoms with Crippen molar-refractivity contribution in [1.82, 2.24) is 0 Å². The molecule has 0 aliphatic heterocycles. The summed E-state index contributed by atoms with van der Waals surface area (Å²) in [6.07, 6.45) is 0. The Labute approximate surface area is 153 Å². The molecule has 0 heterocycles. The molecule has 0 spiro atoms. The SMILES string of the molecule is COc1ccc([I+]c2ccccc2[C@](C)(O)c2ccccc2)cc1. The molecule has 0 saturated carbocycles. The van der Waals surface area contributed by atoms with Gasteiger partial charge in [0, 0.05) is 5.56 Å². The minimum Gasteiger partial charge on any atom is -0.497 e. The number of hydrogen-bond donors (Lipinski definition) is 1. The third-order valence-corrected chi connectivity index (χ3v) is 6.86. The fourth-order valence-corrected chi connectivity index (χ4v) is 5.38. The van der Waals surface area contributed by atoms with Crippen LogP contribution in [-0.2, 0) is 5.60 Å². The molecule has 122 valence electrons. The first kappa shape index (κ1) is 17.0. The molecule has 0 aliphatic carbocycles. The van der Waals surface area contributed by atoms with Crippen molar-refractivity contribution in [2.75, 3.05) is 7.11 Å². The average Bonchev–Trinajstić information content (AvgIpc) is 2.63. The second-order valence-electron chi connectivity index (χ2n) is 5.67. The van der Waals surface area contributed by atoms with Crippen LogP contribution in [-0.4, -0.2) is 12.2 Å². The monoisotopic (exact) mass is 431 g/mol. The summed E-state index contributed by atoms with van der Waals surface area (Å²) in [6.45, 7) is 1.87. The fourth-order valence-electron chi connectivity index (χ4n) is 2.61. The van der Waals surface area contributed by atoms with Gasteiger partial charge in [0.2, 0.25) is 3.57 Å². The first-order valence-electron chi connectivity index (χ1n) is 7.77. The summed E-state index contributed by atoms with van der Waals surface area (Å²) in [5.74, 6) is 0.868. The maximum atomic E-state index is 11.2. The number of benzene rings is 3. The number of halogens is 1. The van der Waals surface area contributed by atoms with Gasteiger partial charge in [0.15, 0.2) is 3.57 Å². The van der Waals surface area contributed by atoms with E-state index >= 15 is 0 Å². The molecule has 3 rings (SSSR count). The predicted molar refractivity (Wildman–Crippen MR) is 91.9 cm³/mol. The molecule has 0 amide bonds. The van der Waals surface area contributed by atoms with Crippen molar-refractivity contribution in [2.24, 2.45) is 0 Å². The van der Waals surface area contributed by atoms with E-state index in [1.165, 1.54) is 7.14 Å². The zero-order valence-corrected chi connectivity index (χ0v) is 15.9. The lowest BCUT2D eigenvalue weighted by molar-refractivity contribution is -0.599. The largest absolute Gasteiger partial charge is 0.497 e. The summed E-state index contributed by atoms with van der Waals surface area (Å²) in [5, 5.41) is 11.2. The van der Waals surface area contributed by atoms with Crippen LogP contribution in [0.3, 0.4) is 0 Å². The number of ether oxygens (including phenoxy) is 1. The molecule has 0 saturated heterocycles. The Hall–Kier alpha value is -1.85. The predicted octanol–water partition coefficient (Wildman–Crippen LogP) is 1.08. The second kappa shape index (κ2) is 7.36. The van der Waals surface area contributed by atoms with Gasteiger partial charge in [0.1, 0.15) is 11.4 Å². The molecule has 0 radical (unpaired) electrons. The summed E-state index contributed by atoms with van der Waals surface area (Å²) in [5.41, 5.74) is 0.903. The van der Waals surface area contributed by atoms with E-state index in [-0.39, 0.29) is 21.2 Å². The van der Waals surface area contributed by atoms with Crippen LogP contribution < -0.4 is 25.9 Å². The third-order valence-electron chi connectivity index (χ3n) is 3.99. The highest BCUT2D eigenvalue weighted by Crippen LogP contribution is 2.28. The molecule has 0 fully saturated rings. The highest BCUT2D eigenvalue weighted by atomic mass is 127. The molecule has 0 unspecified atom stereocenters. The van der Waals surface area contributed by atoms with E-state index in [4.69, 9.17) is 4.74 Å². The second-order valence-corrected chi connectivity index (χ2v) is 8.62. The van der Waals surface area contributed by atoms with Gasteiger partial charge >= 0.3 is 21.2 Å². The minimum absolute atomic E-state index is 0.385. The standard InChI is InChI=1S/C21H20IO2/c1-21(23,16-8-4-3-5-9-16)19-10-6-7-11-20(19)22-17-12-14-18(24-2)15-13-17/h3-15,23H,1-2H3/q+1/t21-/m1/s1. The van der Waals surface area contributed by atoms with Crippen LogP contribution in [0.15, 0.2) is 78.9 Å². The van der Waals surface area contributed by atoms with Gasteiger partial charge in [0.25, 0.3) is 0 Å². The first-order valence-corrected chi connectivity index (χ1v) is 9.93. The Bertz CT molecular complexity index is 796. The summed E-state index contributed by atoms with van der Waals surface area (Å²) < 4.78 is 7.76. The van der Waals surface area contributed by atoms with E-state index < -0.39 is 5.60 Å². The molecule has 0 aromatic heterocycles. The van der Waals surface area contributed by atoms with E-state index in [9.17, 15) is 5.11 Å². The van der Waals surface area contributed by atoms with Gasteiger partial charge < -0.3 is 9.84 Å². The van der Waals surface area contributed by atoms with Crippen molar-refractivity contribution in [2.45, 2.75) is 12.5 Å². The maximum absolute atomic E-state index is 11.2. The van der Waals surface area contributed by atoms with Crippen molar-refractivity contribution in [3.05, 3.63) is 97.1 Å². The number of methoxy groups -OCH3 is 1. The van der Waals surface area contributed by atoms with Gasteiger partial charge in [-0.05, 0) is 42.8 Å². The van der Waals surface area contributed by atoms with Crippen molar-refractivity contribution in [3.63, 3.8) is 0 Å². The smallest absolute Gasteiger partial charge is 0.358 e. The molecule has 3 aromatic carbocycles. The van der Waals surface area contributed by atoms with E-state index in [2.05, 4.69) is 18.2 Å². The Balaban J connectivity index is 1.95. The van der Waals surface area contributed by atoms with Gasteiger partial charge in [-0.2, -0.15) is 0 Å². The molecule has 24 heavy (non-hydrogen) atoms. The molecule has 3 aromatic rings. The van der Waals surface area contributed by atoms with Gasteiger partial charge in [-0.15, -0.1) is 0 Å². The zero-order chi connectivity index (χ0) is 17.0. The van der Waals surface area contributed by atoms with Crippen LogP contribution in [0.25, 0.3) is 0 Å². The molecule has 2 nitrogen and oxygen atoms in total. The van der Waals surface area contributed by atoms with E-state index in [1.54, 1.807) is 7.11 Å². The number of aliphatic hydroxyl groups is 1. The summed E-state index contributed by atoms with van der Waals surface area (Å²) in [7, 11) is 1.68. The van der Waals surface area contributed by atoms with Crippen molar-refractivity contribution in [1.29, 1.82) is 0 Å². The average molecular weight is 431 g/mol. The van der Waals surface area contributed by atoms with Crippen LogP contribution in [0.1, 0.15) is 18.1 Å². The quantitative estimate of drug-likeness (QED) is 0.613. The fraction of sp³-hybridized carbons (Fsp3) is 0.143. The topological polar surface area (TPSA) is 29.5 Å². The van der Waals surface area contributed by atoms with Gasteiger partial charge in [-0.3, -0.25) is 0 Å². The maximum Gasteiger partial charge on any atom is 0.358 e. The lowest BCUT2D eigenvalue weighted by atomic mass is 9.88. The van der Waals surface area contributed by atoms with Gasteiger partial charge in [-0.25, -0.2) is 0 Å². The van der Waals surface area contributed by atoms with Crippen LogP contribution in [0.5, 0.6) is 5.75 Å². The normalized spacial score (nSPS) is 13.3. The summed E-state index contributed by atoms with van der Waals surface area (Å²) in [4.78, 5) is 0. The molecule has 0 aliphatic rings. The van der Waals surface area contributed by atoms with E-state index in [1.807, 2.05) is 67.6 Å². The zero-order valence-electron chi connectivity index (χ0n) is 13.7. The Kier molecular flexibility index (Phi) is 5.21. The van der Waals surface area contributed by atoms with E-state index in [0.717, 1.165) is 16.9 Å². The van der Waals surface area contributed by atoms with Crippen molar-refractivity contribution in [3.8, 4) is 5.75 Å². The van der Waals surface area contributed by atoms with Crippen molar-refractivity contribution >= 4 is 0 Å². The van der Waals surface area contributed by atoms with E-state index in [0.29, 0.717) is 0 Å². The summed E-state index contributed by atoms with van der Waals surface area (Å²) >= 11 is -0.385. The number of rotatable bonds is 5. The summed E-state index contributed by atoms with van der Waals surface area (Å²) in [6, 6.07) is 26.3. The molecule has 3 heteroatoms. The Morgan fingerprint density at radius 3 is 2.12 bits per heavy atom.